The zero-order valence-electron chi connectivity index (χ0n) is 21.9. The average molecular weight is 564 g/mol. The Bertz CT molecular complexity index is 1560. The van der Waals surface area contributed by atoms with Crippen LogP contribution in [-0.2, 0) is 21.2 Å². The van der Waals surface area contributed by atoms with Crippen molar-refractivity contribution in [1.29, 1.82) is 0 Å². The van der Waals surface area contributed by atoms with Gasteiger partial charge >= 0.3 is 12.1 Å². The predicted molar refractivity (Wildman–Crippen MR) is 149 cm³/mol. The van der Waals surface area contributed by atoms with Gasteiger partial charge in [-0.3, -0.25) is 5.32 Å². The molecule has 0 spiro atoms. The van der Waals surface area contributed by atoms with Gasteiger partial charge in [0, 0.05) is 23.8 Å². The Labute approximate surface area is 232 Å². The molecule has 11 nitrogen and oxygen atoms in total. The van der Waals surface area contributed by atoms with Crippen LogP contribution in [-0.4, -0.2) is 44.3 Å². The van der Waals surface area contributed by atoms with Crippen molar-refractivity contribution in [2.75, 3.05) is 19.5 Å². The normalized spacial score (nSPS) is 11.8. The van der Waals surface area contributed by atoms with E-state index < -0.39 is 28.2 Å². The van der Waals surface area contributed by atoms with E-state index in [2.05, 4.69) is 25.1 Å². The Morgan fingerprint density at radius 1 is 0.950 bits per heavy atom. The van der Waals surface area contributed by atoms with Gasteiger partial charge in [-0.15, -0.1) is 0 Å². The van der Waals surface area contributed by atoms with Crippen molar-refractivity contribution in [3.8, 4) is 11.4 Å². The van der Waals surface area contributed by atoms with Crippen LogP contribution in [0.1, 0.15) is 23.9 Å². The number of hydrogen-bond acceptors (Lipinski definition) is 7. The van der Waals surface area contributed by atoms with E-state index in [4.69, 9.17) is 4.74 Å². The second-order valence-corrected chi connectivity index (χ2v) is 10.3. The molecule has 1 heterocycles. The molecule has 3 amide bonds. The number of nitrogens with one attached hydrogen (secondary N) is 3. The summed E-state index contributed by atoms with van der Waals surface area (Å²) < 4.78 is 39.6. The number of para-hydroxylation sites is 1. The lowest BCUT2D eigenvalue weighted by Gasteiger charge is -2.21. The van der Waals surface area contributed by atoms with Crippen LogP contribution in [0.15, 0.2) is 96.2 Å². The van der Waals surface area contributed by atoms with Crippen LogP contribution < -0.4 is 20.1 Å². The maximum absolute atomic E-state index is 13.0. The van der Waals surface area contributed by atoms with Crippen LogP contribution in [0.4, 0.5) is 15.3 Å². The molecule has 0 unspecified atom stereocenters. The number of ether oxygens (including phenoxy) is 2. The number of carbonyl (C=O) groups is 2. The second-order valence-electron chi connectivity index (χ2n) is 8.63. The van der Waals surface area contributed by atoms with Gasteiger partial charge in [0.25, 0.3) is 10.0 Å². The number of hydrogen-bond donors (Lipinski definition) is 3. The summed E-state index contributed by atoms with van der Waals surface area (Å²) >= 11 is 0. The summed E-state index contributed by atoms with van der Waals surface area (Å²) in [6.45, 7) is 0. The fraction of sp³-hybridized carbons (Fsp3) is 0.179. The average Bonchev–Trinajstić information content (AvgIpc) is 3.45. The maximum Gasteiger partial charge on any atom is 0.411 e. The zero-order valence-corrected chi connectivity index (χ0v) is 22.7. The topological polar surface area (TPSA) is 141 Å². The molecule has 0 aliphatic carbocycles. The molecule has 4 aromatic rings. The van der Waals surface area contributed by atoms with Crippen molar-refractivity contribution in [1.82, 2.24) is 19.6 Å². The Hall–Kier alpha value is -4.84. The minimum Gasteiger partial charge on any atom is -0.495 e. The van der Waals surface area contributed by atoms with Gasteiger partial charge in [-0.25, -0.2) is 27.7 Å². The summed E-state index contributed by atoms with van der Waals surface area (Å²) in [4.78, 5) is 28.9. The Kier molecular flexibility index (Phi) is 9.02. The predicted octanol–water partition coefficient (Wildman–Crippen LogP) is 4.42. The third-order valence-electron chi connectivity index (χ3n) is 6.01. The molecular formula is C28H29N5O6S. The number of urea groups is 1. The van der Waals surface area contributed by atoms with Crippen LogP contribution in [0.2, 0.25) is 0 Å². The molecule has 0 bridgehead atoms. The first kappa shape index (κ1) is 28.2. The molecule has 12 heteroatoms. The van der Waals surface area contributed by atoms with Crippen LogP contribution in [0.25, 0.3) is 5.69 Å². The third-order valence-corrected chi connectivity index (χ3v) is 7.38. The minimum atomic E-state index is -4.22. The van der Waals surface area contributed by atoms with Gasteiger partial charge in [0.1, 0.15) is 16.5 Å². The number of nitrogens with zero attached hydrogens (tertiary/aromatic N) is 2. The molecule has 0 saturated heterocycles. The van der Waals surface area contributed by atoms with E-state index in [0.717, 1.165) is 11.3 Å². The lowest BCUT2D eigenvalue weighted by atomic mass is 10.0. The first-order valence-electron chi connectivity index (χ1n) is 12.3. The zero-order chi connectivity index (χ0) is 28.5. The molecule has 1 aromatic heterocycles. The maximum atomic E-state index is 13.0. The molecule has 0 saturated carbocycles. The van der Waals surface area contributed by atoms with Gasteiger partial charge in [-0.1, -0.05) is 42.5 Å². The van der Waals surface area contributed by atoms with Crippen molar-refractivity contribution < 1.29 is 27.5 Å². The highest BCUT2D eigenvalue weighted by Crippen LogP contribution is 2.24. The number of benzene rings is 3. The first-order chi connectivity index (χ1) is 19.3. The molecule has 40 heavy (non-hydrogen) atoms. The third kappa shape index (κ3) is 6.97. The highest BCUT2D eigenvalue weighted by molar-refractivity contribution is 7.90. The number of amides is 3. The number of carbonyl (C=O) groups excluding carboxylic acids is 2. The number of methoxy groups -OCH3 is 2. The summed E-state index contributed by atoms with van der Waals surface area (Å²) in [5, 5.41) is 5.37. The van der Waals surface area contributed by atoms with E-state index in [0.29, 0.717) is 24.4 Å². The van der Waals surface area contributed by atoms with E-state index in [1.54, 1.807) is 53.4 Å². The van der Waals surface area contributed by atoms with Gasteiger partial charge in [0.15, 0.2) is 0 Å². The van der Waals surface area contributed by atoms with E-state index in [1.165, 1.54) is 26.4 Å². The van der Waals surface area contributed by atoms with Crippen LogP contribution in [0.3, 0.4) is 0 Å². The number of imidazole rings is 1. The smallest absolute Gasteiger partial charge is 0.411 e. The lowest BCUT2D eigenvalue weighted by Crippen LogP contribution is -2.42. The first-order valence-corrected chi connectivity index (χ1v) is 13.8. The van der Waals surface area contributed by atoms with Crippen molar-refractivity contribution in [2.24, 2.45) is 0 Å². The summed E-state index contributed by atoms with van der Waals surface area (Å²) in [5.74, 6) is 0.610. The largest absolute Gasteiger partial charge is 0.495 e. The van der Waals surface area contributed by atoms with Crippen molar-refractivity contribution in [2.45, 2.75) is 23.8 Å². The van der Waals surface area contributed by atoms with Gasteiger partial charge in [0.05, 0.1) is 20.3 Å². The fourth-order valence-corrected chi connectivity index (χ4v) is 5.18. The number of rotatable bonds is 10. The van der Waals surface area contributed by atoms with Gasteiger partial charge in [-0.2, -0.15) is 0 Å². The molecule has 3 aromatic carbocycles. The molecule has 0 radical (unpaired) electrons. The fourth-order valence-electron chi connectivity index (χ4n) is 4.09. The monoisotopic (exact) mass is 563 g/mol. The van der Waals surface area contributed by atoms with Crippen molar-refractivity contribution in [3.05, 3.63) is 103 Å². The lowest BCUT2D eigenvalue weighted by molar-refractivity contribution is 0.187. The summed E-state index contributed by atoms with van der Waals surface area (Å²) in [5.41, 5.74) is 2.31. The Morgan fingerprint density at radius 2 is 1.65 bits per heavy atom. The summed E-state index contributed by atoms with van der Waals surface area (Å²) in [6, 6.07) is 21.1. The van der Waals surface area contributed by atoms with Gasteiger partial charge in [-0.05, 0) is 54.8 Å². The van der Waals surface area contributed by atoms with Crippen LogP contribution in [0.5, 0.6) is 5.75 Å². The van der Waals surface area contributed by atoms with Gasteiger partial charge < -0.3 is 19.4 Å². The molecule has 208 valence electrons. The van der Waals surface area contributed by atoms with E-state index in [1.807, 2.05) is 30.3 Å². The Balaban J connectivity index is 1.58. The highest BCUT2D eigenvalue weighted by atomic mass is 32.2. The van der Waals surface area contributed by atoms with Crippen LogP contribution in [0, 0.1) is 0 Å². The molecule has 0 fully saturated rings. The Morgan fingerprint density at radius 3 is 2.35 bits per heavy atom. The number of aromatic nitrogens is 2. The number of aryl methyl sites for hydroxylation is 1. The van der Waals surface area contributed by atoms with Crippen LogP contribution >= 0.6 is 0 Å². The van der Waals surface area contributed by atoms with Crippen molar-refractivity contribution in [3.63, 3.8) is 0 Å². The quantitative estimate of drug-likeness (QED) is 0.259. The molecular weight excluding hydrogens is 534 g/mol. The standard InChI is InChI=1S/C28H29N5O6S/c1-38-24-10-6-7-11-25(24)40(36,37)32-27(34)31-23(17-12-20-8-4-3-5-9-20)26-29-18-19-33(26)22-15-13-21(14-16-22)30-28(35)39-2/h3-11,13-16,18-19,23H,12,17H2,1-2H3,(H,30,35)(H2,31,32,34)/t23-/m0/s1. The van der Waals surface area contributed by atoms with Gasteiger partial charge in [0.2, 0.25) is 0 Å². The second kappa shape index (κ2) is 12.8. The molecule has 4 rings (SSSR count). The van der Waals surface area contributed by atoms with E-state index >= 15 is 0 Å². The molecule has 0 aliphatic heterocycles. The molecule has 0 aliphatic rings. The highest BCUT2D eigenvalue weighted by Gasteiger charge is 2.25. The van der Waals surface area contributed by atoms with E-state index in [9.17, 15) is 18.0 Å². The summed E-state index contributed by atoms with van der Waals surface area (Å²) in [7, 11) is -1.59. The summed E-state index contributed by atoms with van der Waals surface area (Å²) in [6.07, 6.45) is 3.77. The number of sulfonamides is 1. The van der Waals surface area contributed by atoms with Crippen molar-refractivity contribution >= 4 is 27.8 Å². The SMILES string of the molecule is COC(=O)Nc1ccc(-n2ccnc2[C@H](CCc2ccccc2)NC(=O)NS(=O)(=O)c2ccccc2OC)cc1. The molecule has 1 atom stereocenters. The van der Waals surface area contributed by atoms with E-state index in [-0.39, 0.29) is 10.6 Å². The molecule has 3 N–H and O–H groups in total. The minimum absolute atomic E-state index is 0.115. The number of anilines is 1.